The molecule has 0 saturated carbocycles. The summed E-state index contributed by atoms with van der Waals surface area (Å²) >= 11 is 0. The van der Waals surface area contributed by atoms with E-state index in [2.05, 4.69) is 5.32 Å². The zero-order valence-electron chi connectivity index (χ0n) is 8.53. The number of Topliss-reactive ketones (excluding diaryl/α,β-unsaturated/α-hetero) is 1. The minimum atomic E-state index is -1.12. The molecule has 0 spiro atoms. The molecule has 0 rings (SSSR count). The Labute approximate surface area is 82.5 Å². The number of ketones is 1. The largest absolute Gasteiger partial charge is 0.480 e. The lowest BCUT2D eigenvalue weighted by molar-refractivity contribution is -0.144. The van der Waals surface area contributed by atoms with Crippen LogP contribution in [-0.4, -0.2) is 28.8 Å². The van der Waals surface area contributed by atoms with Gasteiger partial charge in [-0.3, -0.25) is 9.59 Å². The average molecular weight is 201 g/mol. The molecule has 0 radical (unpaired) electrons. The van der Waals surface area contributed by atoms with Crippen molar-refractivity contribution in [3.63, 3.8) is 0 Å². The molecule has 5 heteroatoms. The van der Waals surface area contributed by atoms with Crippen LogP contribution < -0.4 is 5.32 Å². The number of carboxylic acid groups (broad SMARTS) is 1. The van der Waals surface area contributed by atoms with Crippen molar-refractivity contribution in [3.8, 4) is 0 Å². The van der Waals surface area contributed by atoms with Crippen molar-refractivity contribution in [1.82, 2.24) is 5.32 Å². The van der Waals surface area contributed by atoms with Gasteiger partial charge in [0.15, 0.2) is 0 Å². The Hall–Kier alpha value is -1.39. The van der Waals surface area contributed by atoms with Crippen LogP contribution in [-0.2, 0) is 14.4 Å². The summed E-state index contributed by atoms with van der Waals surface area (Å²) in [5.74, 6) is -2.50. The zero-order valence-corrected chi connectivity index (χ0v) is 8.53. The van der Waals surface area contributed by atoms with E-state index in [1.807, 2.05) is 13.8 Å². The highest BCUT2D eigenvalue weighted by Gasteiger charge is 2.22. The van der Waals surface area contributed by atoms with Crippen LogP contribution in [0.3, 0.4) is 0 Å². The third-order valence-electron chi connectivity index (χ3n) is 1.63. The number of aliphatic carboxylic acids is 1. The number of carbonyl (C=O) groups is 3. The van der Waals surface area contributed by atoms with E-state index in [9.17, 15) is 14.4 Å². The van der Waals surface area contributed by atoms with E-state index in [0.29, 0.717) is 6.42 Å². The van der Waals surface area contributed by atoms with Crippen LogP contribution in [0.4, 0.5) is 0 Å². The van der Waals surface area contributed by atoms with Crippen molar-refractivity contribution in [2.45, 2.75) is 33.2 Å². The van der Waals surface area contributed by atoms with Gasteiger partial charge in [0.1, 0.15) is 6.04 Å². The summed E-state index contributed by atoms with van der Waals surface area (Å²) in [5, 5.41) is 10.9. The second kappa shape index (κ2) is 5.36. The van der Waals surface area contributed by atoms with Gasteiger partial charge in [-0.1, -0.05) is 13.8 Å². The molecule has 0 aromatic rings. The minimum Gasteiger partial charge on any atom is -0.480 e. The van der Waals surface area contributed by atoms with E-state index in [1.54, 1.807) is 0 Å². The number of carboxylic acids is 1. The van der Waals surface area contributed by atoms with Gasteiger partial charge in [0.25, 0.3) is 5.91 Å². The molecule has 0 aromatic heterocycles. The smallest absolute Gasteiger partial charge is 0.326 e. The van der Waals surface area contributed by atoms with E-state index in [1.165, 1.54) is 0 Å². The van der Waals surface area contributed by atoms with Crippen LogP contribution in [0.1, 0.15) is 27.2 Å². The van der Waals surface area contributed by atoms with Gasteiger partial charge in [-0.2, -0.15) is 0 Å². The molecule has 14 heavy (non-hydrogen) atoms. The topological polar surface area (TPSA) is 83.5 Å². The molecular weight excluding hydrogens is 186 g/mol. The molecule has 0 aliphatic rings. The average Bonchev–Trinajstić information content (AvgIpc) is 2.01. The second-order valence-corrected chi connectivity index (χ2v) is 3.55. The maximum Gasteiger partial charge on any atom is 0.326 e. The molecule has 0 bridgehead atoms. The van der Waals surface area contributed by atoms with Gasteiger partial charge < -0.3 is 10.4 Å². The fraction of sp³-hybridized carbons (Fsp3) is 0.667. The molecule has 2 N–H and O–H groups in total. The Morgan fingerprint density at radius 1 is 1.29 bits per heavy atom. The fourth-order valence-electron chi connectivity index (χ4n) is 0.953. The SMILES string of the molecule is CC(=O)C(=O)NC(CC(C)C)C(=O)O. The van der Waals surface area contributed by atoms with E-state index in [4.69, 9.17) is 5.11 Å². The molecule has 1 atom stereocenters. The molecule has 0 aromatic carbocycles. The molecule has 0 aliphatic carbocycles. The number of amides is 1. The number of hydrogen-bond donors (Lipinski definition) is 2. The molecule has 0 saturated heterocycles. The standard InChI is InChI=1S/C9H15NO4/c1-5(2)4-7(9(13)14)10-8(12)6(3)11/h5,7H,4H2,1-3H3,(H,10,12)(H,13,14). The maximum absolute atomic E-state index is 10.9. The van der Waals surface area contributed by atoms with Crippen LogP contribution in [0.25, 0.3) is 0 Å². The van der Waals surface area contributed by atoms with Crippen molar-refractivity contribution >= 4 is 17.7 Å². The summed E-state index contributed by atoms with van der Waals surface area (Å²) < 4.78 is 0. The van der Waals surface area contributed by atoms with E-state index >= 15 is 0 Å². The van der Waals surface area contributed by atoms with Crippen LogP contribution in [0.5, 0.6) is 0 Å². The van der Waals surface area contributed by atoms with E-state index < -0.39 is 23.7 Å². The normalized spacial score (nSPS) is 12.3. The number of hydrogen-bond acceptors (Lipinski definition) is 3. The first-order valence-electron chi connectivity index (χ1n) is 4.38. The lowest BCUT2D eigenvalue weighted by atomic mass is 10.0. The summed E-state index contributed by atoms with van der Waals surface area (Å²) in [4.78, 5) is 32.2. The Morgan fingerprint density at radius 2 is 1.79 bits per heavy atom. The lowest BCUT2D eigenvalue weighted by Gasteiger charge is -2.15. The summed E-state index contributed by atoms with van der Waals surface area (Å²) in [5.41, 5.74) is 0. The van der Waals surface area contributed by atoms with Crippen LogP contribution in [0.15, 0.2) is 0 Å². The van der Waals surface area contributed by atoms with E-state index in [0.717, 1.165) is 6.92 Å². The first kappa shape index (κ1) is 12.6. The molecular formula is C9H15NO4. The van der Waals surface area contributed by atoms with Crippen molar-refractivity contribution in [3.05, 3.63) is 0 Å². The van der Waals surface area contributed by atoms with Crippen LogP contribution in [0.2, 0.25) is 0 Å². The third kappa shape index (κ3) is 4.59. The summed E-state index contributed by atoms with van der Waals surface area (Å²) in [6, 6.07) is -0.980. The predicted molar refractivity (Wildman–Crippen MR) is 49.7 cm³/mol. The summed E-state index contributed by atoms with van der Waals surface area (Å²) in [6.45, 7) is 4.79. The molecule has 5 nitrogen and oxygen atoms in total. The minimum absolute atomic E-state index is 0.142. The number of nitrogens with one attached hydrogen (secondary N) is 1. The Morgan fingerprint density at radius 3 is 2.07 bits per heavy atom. The highest BCUT2D eigenvalue weighted by atomic mass is 16.4. The van der Waals surface area contributed by atoms with Gasteiger partial charge in [-0.15, -0.1) is 0 Å². The predicted octanol–water partition coefficient (Wildman–Crippen LogP) is 0.191. The highest BCUT2D eigenvalue weighted by Crippen LogP contribution is 2.04. The molecule has 0 heterocycles. The quantitative estimate of drug-likeness (QED) is 0.622. The fourth-order valence-corrected chi connectivity index (χ4v) is 0.953. The van der Waals surface area contributed by atoms with Gasteiger partial charge in [-0.25, -0.2) is 4.79 Å². The lowest BCUT2D eigenvalue weighted by Crippen LogP contribution is -2.44. The van der Waals surface area contributed by atoms with Gasteiger partial charge >= 0.3 is 5.97 Å². The highest BCUT2D eigenvalue weighted by molar-refractivity contribution is 6.35. The van der Waals surface area contributed by atoms with Crippen molar-refractivity contribution < 1.29 is 19.5 Å². The number of rotatable bonds is 5. The third-order valence-corrected chi connectivity index (χ3v) is 1.63. The summed E-state index contributed by atoms with van der Waals surface area (Å²) in [6.07, 6.45) is 0.314. The molecule has 0 aliphatic heterocycles. The van der Waals surface area contributed by atoms with E-state index in [-0.39, 0.29) is 5.92 Å². The Kier molecular flexibility index (Phi) is 4.83. The Bertz CT molecular complexity index is 247. The van der Waals surface area contributed by atoms with Crippen molar-refractivity contribution in [2.24, 2.45) is 5.92 Å². The van der Waals surface area contributed by atoms with Gasteiger partial charge in [0, 0.05) is 6.92 Å². The molecule has 1 unspecified atom stereocenters. The monoisotopic (exact) mass is 201 g/mol. The molecule has 1 amide bonds. The Balaban J connectivity index is 4.31. The number of carbonyl (C=O) groups excluding carboxylic acids is 2. The van der Waals surface area contributed by atoms with Crippen molar-refractivity contribution in [2.75, 3.05) is 0 Å². The van der Waals surface area contributed by atoms with Gasteiger partial charge in [-0.05, 0) is 12.3 Å². The molecule has 0 fully saturated rings. The van der Waals surface area contributed by atoms with Gasteiger partial charge in [0.05, 0.1) is 0 Å². The van der Waals surface area contributed by atoms with Gasteiger partial charge in [0.2, 0.25) is 5.78 Å². The van der Waals surface area contributed by atoms with Crippen molar-refractivity contribution in [1.29, 1.82) is 0 Å². The summed E-state index contributed by atoms with van der Waals surface area (Å²) in [7, 11) is 0. The molecule has 80 valence electrons. The first-order chi connectivity index (χ1) is 6.34. The first-order valence-corrected chi connectivity index (χ1v) is 4.38. The zero-order chi connectivity index (χ0) is 11.3. The van der Waals surface area contributed by atoms with Crippen LogP contribution >= 0.6 is 0 Å². The maximum atomic E-state index is 10.9. The second-order valence-electron chi connectivity index (χ2n) is 3.55. The van der Waals surface area contributed by atoms with Crippen LogP contribution in [0, 0.1) is 5.92 Å².